The SMILES string of the molecule is C/C=C/C(CCCCCNc1nc2c(ncn2[C@@H]2O[C@H](CO)[C@@H](O)[C@H]2O)c(=O)[nH]1)C(=O)O. The molecule has 6 N–H and O–H groups in total. The first-order chi connectivity index (χ1) is 15.4. The number of ether oxygens (including phenoxy) is 1. The Kier molecular flexibility index (Phi) is 7.96. The summed E-state index contributed by atoms with van der Waals surface area (Å²) in [6.07, 6.45) is 2.97. The molecular formula is C20H29N5O7. The van der Waals surface area contributed by atoms with Gasteiger partial charge >= 0.3 is 5.97 Å². The Morgan fingerprint density at radius 2 is 2.12 bits per heavy atom. The Morgan fingerprint density at radius 3 is 2.78 bits per heavy atom. The summed E-state index contributed by atoms with van der Waals surface area (Å²) < 4.78 is 6.85. The molecule has 0 saturated carbocycles. The highest BCUT2D eigenvalue weighted by molar-refractivity contribution is 5.72. The molecule has 3 heterocycles. The van der Waals surface area contributed by atoms with E-state index in [4.69, 9.17) is 9.84 Å². The van der Waals surface area contributed by atoms with E-state index >= 15 is 0 Å². The number of aromatic amines is 1. The van der Waals surface area contributed by atoms with Crippen molar-refractivity contribution >= 4 is 23.1 Å². The molecule has 1 aliphatic heterocycles. The van der Waals surface area contributed by atoms with Crippen LogP contribution in [0.15, 0.2) is 23.3 Å². The molecule has 3 rings (SSSR count). The number of aliphatic hydroxyl groups excluding tert-OH is 3. The Bertz CT molecular complexity index is 1000. The van der Waals surface area contributed by atoms with Gasteiger partial charge in [0.05, 0.1) is 18.9 Å². The standard InChI is InChI=1S/C20H29N5O7/c1-2-6-11(19(30)31)7-4-3-5-8-21-20-23-16-13(17(29)24-20)22-10-25(16)18-15(28)14(27)12(9-26)32-18/h2,6,10-12,14-15,18,26-28H,3-5,7-9H2,1H3,(H,30,31)(H2,21,23,24,29)/b6-2+/t11?,12-,14-,15-,18-/m1/s1. The fourth-order valence-electron chi connectivity index (χ4n) is 3.71. The van der Waals surface area contributed by atoms with E-state index in [1.807, 2.05) is 0 Å². The van der Waals surface area contributed by atoms with Crippen molar-refractivity contribution in [2.75, 3.05) is 18.5 Å². The number of unbranched alkanes of at least 4 members (excludes halogenated alkanes) is 2. The molecule has 1 unspecified atom stereocenters. The van der Waals surface area contributed by atoms with Crippen molar-refractivity contribution in [2.45, 2.75) is 57.1 Å². The van der Waals surface area contributed by atoms with Crippen LogP contribution in [-0.4, -0.2) is 77.4 Å². The van der Waals surface area contributed by atoms with Crippen LogP contribution in [0.3, 0.4) is 0 Å². The molecule has 1 aliphatic rings. The van der Waals surface area contributed by atoms with Crippen molar-refractivity contribution in [3.63, 3.8) is 0 Å². The molecule has 2 aromatic rings. The summed E-state index contributed by atoms with van der Waals surface area (Å²) in [5, 5.41) is 41.7. The molecule has 12 heteroatoms. The summed E-state index contributed by atoms with van der Waals surface area (Å²) in [4.78, 5) is 34.5. The largest absolute Gasteiger partial charge is 0.481 e. The number of carboxylic acids is 1. The fraction of sp³-hybridized carbons (Fsp3) is 0.600. The van der Waals surface area contributed by atoms with Crippen LogP contribution in [-0.2, 0) is 9.53 Å². The minimum absolute atomic E-state index is 0.0528. The van der Waals surface area contributed by atoms with Crippen LogP contribution in [0.4, 0.5) is 5.95 Å². The van der Waals surface area contributed by atoms with Gasteiger partial charge in [-0.1, -0.05) is 25.0 Å². The zero-order valence-corrected chi connectivity index (χ0v) is 17.7. The number of aliphatic hydroxyl groups is 3. The molecule has 0 aliphatic carbocycles. The van der Waals surface area contributed by atoms with Crippen LogP contribution >= 0.6 is 0 Å². The van der Waals surface area contributed by atoms with Gasteiger partial charge in [0.15, 0.2) is 17.4 Å². The van der Waals surface area contributed by atoms with Gasteiger partial charge in [-0.25, -0.2) is 4.98 Å². The lowest BCUT2D eigenvalue weighted by molar-refractivity contribution is -0.140. The van der Waals surface area contributed by atoms with Crippen molar-refractivity contribution in [1.29, 1.82) is 0 Å². The average Bonchev–Trinajstić information content (AvgIpc) is 3.31. The van der Waals surface area contributed by atoms with Crippen molar-refractivity contribution < 1.29 is 30.0 Å². The molecule has 2 aromatic heterocycles. The van der Waals surface area contributed by atoms with E-state index in [2.05, 4.69) is 20.3 Å². The number of imidazole rings is 1. The number of carbonyl (C=O) groups is 1. The molecule has 12 nitrogen and oxygen atoms in total. The summed E-state index contributed by atoms with van der Waals surface area (Å²) in [5.41, 5.74) is -0.252. The van der Waals surface area contributed by atoms with Crippen LogP contribution in [0.5, 0.6) is 0 Å². The van der Waals surface area contributed by atoms with Gasteiger partial charge in [0.2, 0.25) is 5.95 Å². The number of hydrogen-bond donors (Lipinski definition) is 6. The van der Waals surface area contributed by atoms with Gasteiger partial charge < -0.3 is 30.5 Å². The van der Waals surface area contributed by atoms with Gasteiger partial charge in [-0.2, -0.15) is 4.98 Å². The minimum atomic E-state index is -1.32. The molecule has 0 spiro atoms. The predicted molar refractivity (Wildman–Crippen MR) is 114 cm³/mol. The van der Waals surface area contributed by atoms with Crippen LogP contribution < -0.4 is 10.9 Å². The lowest BCUT2D eigenvalue weighted by Gasteiger charge is -2.16. The normalized spacial score (nSPS) is 24.4. The molecule has 1 fully saturated rings. The fourth-order valence-corrected chi connectivity index (χ4v) is 3.71. The maximum absolute atomic E-state index is 12.4. The molecule has 0 aromatic carbocycles. The third kappa shape index (κ3) is 5.15. The summed E-state index contributed by atoms with van der Waals surface area (Å²) >= 11 is 0. The van der Waals surface area contributed by atoms with E-state index in [1.54, 1.807) is 19.1 Å². The van der Waals surface area contributed by atoms with E-state index in [9.17, 15) is 24.9 Å². The number of nitrogens with zero attached hydrogens (tertiary/aromatic N) is 3. The number of rotatable bonds is 11. The summed E-state index contributed by atoms with van der Waals surface area (Å²) in [7, 11) is 0. The summed E-state index contributed by atoms with van der Waals surface area (Å²) in [6.45, 7) is 1.84. The lowest BCUT2D eigenvalue weighted by Crippen LogP contribution is -2.33. The number of aromatic nitrogens is 4. The second-order valence-corrected chi connectivity index (χ2v) is 7.71. The number of nitrogens with one attached hydrogen (secondary N) is 2. The van der Waals surface area contributed by atoms with E-state index in [0.29, 0.717) is 13.0 Å². The Hall–Kier alpha value is -2.80. The second-order valence-electron chi connectivity index (χ2n) is 7.71. The van der Waals surface area contributed by atoms with Gasteiger partial charge in [0.25, 0.3) is 5.56 Å². The number of H-pyrrole nitrogens is 1. The summed E-state index contributed by atoms with van der Waals surface area (Å²) in [5.74, 6) is -1.10. The van der Waals surface area contributed by atoms with Crippen LogP contribution in [0.1, 0.15) is 38.8 Å². The molecular weight excluding hydrogens is 422 g/mol. The monoisotopic (exact) mass is 451 g/mol. The number of fused-ring (bicyclic) bond motifs is 1. The third-order valence-electron chi connectivity index (χ3n) is 5.45. The molecule has 5 atom stereocenters. The first-order valence-electron chi connectivity index (χ1n) is 10.6. The third-order valence-corrected chi connectivity index (χ3v) is 5.45. The van der Waals surface area contributed by atoms with E-state index in [-0.39, 0.29) is 17.1 Å². The lowest BCUT2D eigenvalue weighted by atomic mass is 10.0. The number of aliphatic carboxylic acids is 1. The predicted octanol–water partition coefficient (Wildman–Crippen LogP) is -0.0197. The molecule has 0 bridgehead atoms. The number of carboxylic acid groups (broad SMARTS) is 1. The van der Waals surface area contributed by atoms with Gasteiger partial charge in [0.1, 0.15) is 18.3 Å². The molecule has 32 heavy (non-hydrogen) atoms. The topological polar surface area (TPSA) is 183 Å². The molecule has 0 radical (unpaired) electrons. The Labute approximate surface area is 183 Å². The number of anilines is 1. The van der Waals surface area contributed by atoms with E-state index in [1.165, 1.54) is 10.9 Å². The molecule has 0 amide bonds. The molecule has 176 valence electrons. The zero-order chi connectivity index (χ0) is 23.3. The van der Waals surface area contributed by atoms with Gasteiger partial charge in [-0.15, -0.1) is 0 Å². The minimum Gasteiger partial charge on any atom is -0.481 e. The van der Waals surface area contributed by atoms with Crippen molar-refractivity contribution in [2.24, 2.45) is 5.92 Å². The Balaban J connectivity index is 1.61. The summed E-state index contributed by atoms with van der Waals surface area (Å²) in [6, 6.07) is 0. The van der Waals surface area contributed by atoms with Gasteiger partial charge in [-0.3, -0.25) is 19.1 Å². The maximum atomic E-state index is 12.4. The van der Waals surface area contributed by atoms with Gasteiger partial charge in [0, 0.05) is 6.54 Å². The first kappa shape index (κ1) is 23.9. The van der Waals surface area contributed by atoms with E-state index in [0.717, 1.165) is 19.3 Å². The first-order valence-corrected chi connectivity index (χ1v) is 10.6. The number of allylic oxidation sites excluding steroid dienone is 1. The Morgan fingerprint density at radius 1 is 1.34 bits per heavy atom. The van der Waals surface area contributed by atoms with Crippen molar-refractivity contribution in [3.8, 4) is 0 Å². The highest BCUT2D eigenvalue weighted by atomic mass is 16.6. The molecule has 1 saturated heterocycles. The average molecular weight is 451 g/mol. The van der Waals surface area contributed by atoms with Crippen molar-refractivity contribution in [1.82, 2.24) is 19.5 Å². The number of hydrogen-bond acceptors (Lipinski definition) is 9. The van der Waals surface area contributed by atoms with Crippen LogP contribution in [0, 0.1) is 5.92 Å². The van der Waals surface area contributed by atoms with Crippen LogP contribution in [0.2, 0.25) is 0 Å². The van der Waals surface area contributed by atoms with Crippen LogP contribution in [0.25, 0.3) is 11.2 Å². The smallest absolute Gasteiger partial charge is 0.310 e. The van der Waals surface area contributed by atoms with E-state index < -0.39 is 48.6 Å². The zero-order valence-electron chi connectivity index (χ0n) is 17.7. The quantitative estimate of drug-likeness (QED) is 0.200. The highest BCUT2D eigenvalue weighted by Crippen LogP contribution is 2.30. The van der Waals surface area contributed by atoms with Gasteiger partial charge in [-0.05, 0) is 19.8 Å². The highest BCUT2D eigenvalue weighted by Gasteiger charge is 2.44. The maximum Gasteiger partial charge on any atom is 0.310 e. The second kappa shape index (κ2) is 10.7. The van der Waals surface area contributed by atoms with Crippen molar-refractivity contribution in [3.05, 3.63) is 28.8 Å².